The van der Waals surface area contributed by atoms with Gasteiger partial charge in [0, 0.05) is 22.7 Å². The maximum absolute atomic E-state index is 13.1. The Morgan fingerprint density at radius 2 is 2.07 bits per heavy atom. The molecule has 1 saturated heterocycles. The molecule has 1 aliphatic heterocycles. The van der Waals surface area contributed by atoms with Gasteiger partial charge in [-0.15, -0.1) is 0 Å². The number of amides is 1. The molecular weight excluding hydrogens is 386 g/mol. The fraction of sp³-hybridized carbons (Fsp3) is 0.348. The van der Waals surface area contributed by atoms with Gasteiger partial charge < -0.3 is 9.42 Å². The number of nitrogens with zero attached hydrogens (tertiary/aromatic N) is 3. The van der Waals surface area contributed by atoms with Crippen LogP contribution < -0.4 is 0 Å². The predicted octanol–water partition coefficient (Wildman–Crippen LogP) is 5.71. The Morgan fingerprint density at radius 1 is 1.24 bits per heavy atom. The van der Waals surface area contributed by atoms with E-state index in [1.807, 2.05) is 29.2 Å². The minimum absolute atomic E-state index is 0.0112. The van der Waals surface area contributed by atoms with Crippen molar-refractivity contribution in [2.45, 2.75) is 45.1 Å². The minimum Gasteiger partial charge on any atom is -0.337 e. The molecule has 1 aliphatic rings. The van der Waals surface area contributed by atoms with E-state index >= 15 is 0 Å². The molecule has 6 heteroatoms. The SMILES string of the molecule is CCCCc1ccc(C(=O)N2CCC[C@H]2c2nc(-c3cccc(Cl)c3)no2)cc1. The monoisotopic (exact) mass is 409 g/mol. The molecule has 4 rings (SSSR count). The van der Waals surface area contributed by atoms with E-state index in [1.54, 1.807) is 12.1 Å². The Hall–Kier alpha value is -2.66. The summed E-state index contributed by atoms with van der Waals surface area (Å²) in [5.41, 5.74) is 2.77. The summed E-state index contributed by atoms with van der Waals surface area (Å²) in [6, 6.07) is 15.1. The first-order valence-corrected chi connectivity index (χ1v) is 10.5. The zero-order valence-corrected chi connectivity index (χ0v) is 17.2. The molecule has 2 heterocycles. The van der Waals surface area contributed by atoms with Crippen LogP contribution in [-0.2, 0) is 6.42 Å². The Bertz CT molecular complexity index is 984. The Labute approximate surface area is 175 Å². The molecular formula is C23H24ClN3O2. The summed E-state index contributed by atoms with van der Waals surface area (Å²) in [5, 5.41) is 4.72. The fourth-order valence-electron chi connectivity index (χ4n) is 3.74. The molecule has 0 radical (unpaired) electrons. The van der Waals surface area contributed by atoms with Crippen molar-refractivity contribution in [2.24, 2.45) is 0 Å². The predicted molar refractivity (Wildman–Crippen MR) is 113 cm³/mol. The first-order chi connectivity index (χ1) is 14.2. The molecule has 150 valence electrons. The third kappa shape index (κ3) is 4.35. The third-order valence-corrected chi connectivity index (χ3v) is 5.58. The smallest absolute Gasteiger partial charge is 0.254 e. The van der Waals surface area contributed by atoms with E-state index < -0.39 is 0 Å². The van der Waals surface area contributed by atoms with Crippen LogP contribution in [0.25, 0.3) is 11.4 Å². The van der Waals surface area contributed by atoms with Gasteiger partial charge in [-0.1, -0.05) is 54.4 Å². The second kappa shape index (κ2) is 8.78. The van der Waals surface area contributed by atoms with Crippen LogP contribution in [0.3, 0.4) is 0 Å². The maximum Gasteiger partial charge on any atom is 0.254 e. The third-order valence-electron chi connectivity index (χ3n) is 5.34. The maximum atomic E-state index is 13.1. The Balaban J connectivity index is 1.51. The number of carbonyl (C=O) groups excluding carboxylic acids is 1. The van der Waals surface area contributed by atoms with E-state index in [0.717, 1.165) is 37.7 Å². The summed E-state index contributed by atoms with van der Waals surface area (Å²) in [7, 11) is 0. The summed E-state index contributed by atoms with van der Waals surface area (Å²) in [4.78, 5) is 19.5. The van der Waals surface area contributed by atoms with Gasteiger partial charge in [-0.25, -0.2) is 0 Å². The van der Waals surface area contributed by atoms with Crippen molar-refractivity contribution in [3.05, 3.63) is 70.6 Å². The van der Waals surface area contributed by atoms with Gasteiger partial charge in [0.1, 0.15) is 6.04 Å². The van der Waals surface area contributed by atoms with E-state index in [2.05, 4.69) is 29.2 Å². The van der Waals surface area contributed by atoms with Gasteiger partial charge in [0.25, 0.3) is 5.91 Å². The molecule has 0 N–H and O–H groups in total. The van der Waals surface area contributed by atoms with E-state index in [4.69, 9.17) is 16.1 Å². The normalized spacial score (nSPS) is 16.3. The lowest BCUT2D eigenvalue weighted by Gasteiger charge is -2.22. The number of aryl methyl sites for hydroxylation is 1. The van der Waals surface area contributed by atoms with Crippen molar-refractivity contribution in [1.82, 2.24) is 15.0 Å². The van der Waals surface area contributed by atoms with Crippen LogP contribution in [0.2, 0.25) is 5.02 Å². The average Bonchev–Trinajstić information content (AvgIpc) is 3.41. The topological polar surface area (TPSA) is 59.2 Å². The zero-order valence-electron chi connectivity index (χ0n) is 16.5. The van der Waals surface area contributed by atoms with E-state index in [9.17, 15) is 4.79 Å². The second-order valence-electron chi connectivity index (χ2n) is 7.42. The summed E-state index contributed by atoms with van der Waals surface area (Å²) in [5.74, 6) is 0.976. The lowest BCUT2D eigenvalue weighted by Crippen LogP contribution is -2.30. The summed E-state index contributed by atoms with van der Waals surface area (Å²) >= 11 is 6.06. The van der Waals surface area contributed by atoms with E-state index in [0.29, 0.717) is 28.8 Å². The standard InChI is InChI=1S/C23H24ClN3O2/c1-2-3-6-16-10-12-17(13-11-16)23(28)27-14-5-9-20(27)22-25-21(26-29-22)18-7-4-8-19(24)15-18/h4,7-8,10-13,15,20H,2-3,5-6,9,14H2,1H3/t20-/m0/s1. The van der Waals surface area contributed by atoms with Crippen molar-refractivity contribution in [3.8, 4) is 11.4 Å². The van der Waals surface area contributed by atoms with Crippen molar-refractivity contribution < 1.29 is 9.32 Å². The molecule has 2 aromatic carbocycles. The first-order valence-electron chi connectivity index (χ1n) is 10.1. The van der Waals surface area contributed by atoms with Crippen LogP contribution >= 0.6 is 11.6 Å². The Kier molecular flexibility index (Phi) is 5.95. The highest BCUT2D eigenvalue weighted by atomic mass is 35.5. The zero-order chi connectivity index (χ0) is 20.2. The highest BCUT2D eigenvalue weighted by Gasteiger charge is 2.34. The van der Waals surface area contributed by atoms with Gasteiger partial charge in [0.15, 0.2) is 0 Å². The van der Waals surface area contributed by atoms with Gasteiger partial charge in [0.2, 0.25) is 11.7 Å². The summed E-state index contributed by atoms with van der Waals surface area (Å²) in [6.45, 7) is 2.87. The van der Waals surface area contributed by atoms with Crippen molar-refractivity contribution in [1.29, 1.82) is 0 Å². The molecule has 0 bridgehead atoms. The molecule has 1 atom stereocenters. The lowest BCUT2D eigenvalue weighted by molar-refractivity contribution is 0.0710. The van der Waals surface area contributed by atoms with Gasteiger partial charge >= 0.3 is 0 Å². The van der Waals surface area contributed by atoms with Gasteiger partial charge in [0.05, 0.1) is 0 Å². The number of halogens is 1. The number of likely N-dealkylation sites (tertiary alicyclic amines) is 1. The van der Waals surface area contributed by atoms with Crippen molar-refractivity contribution in [3.63, 3.8) is 0 Å². The molecule has 1 fully saturated rings. The van der Waals surface area contributed by atoms with Crippen LogP contribution in [0.1, 0.15) is 60.5 Å². The van der Waals surface area contributed by atoms with E-state index in [1.165, 1.54) is 5.56 Å². The molecule has 1 aromatic heterocycles. The number of benzene rings is 2. The van der Waals surface area contributed by atoms with Crippen LogP contribution in [0, 0.1) is 0 Å². The number of unbranched alkanes of at least 4 members (excludes halogenated alkanes) is 1. The van der Waals surface area contributed by atoms with E-state index in [-0.39, 0.29) is 11.9 Å². The molecule has 5 nitrogen and oxygen atoms in total. The molecule has 29 heavy (non-hydrogen) atoms. The summed E-state index contributed by atoms with van der Waals surface area (Å²) in [6.07, 6.45) is 5.11. The van der Waals surface area contributed by atoms with Crippen LogP contribution in [-0.4, -0.2) is 27.5 Å². The van der Waals surface area contributed by atoms with Crippen molar-refractivity contribution in [2.75, 3.05) is 6.54 Å². The highest BCUT2D eigenvalue weighted by molar-refractivity contribution is 6.30. The minimum atomic E-state index is -0.192. The highest BCUT2D eigenvalue weighted by Crippen LogP contribution is 2.33. The number of aromatic nitrogens is 2. The quantitative estimate of drug-likeness (QED) is 0.523. The fourth-order valence-corrected chi connectivity index (χ4v) is 3.93. The van der Waals surface area contributed by atoms with Gasteiger partial charge in [-0.05, 0) is 55.5 Å². The number of hydrogen-bond donors (Lipinski definition) is 0. The molecule has 3 aromatic rings. The number of carbonyl (C=O) groups is 1. The molecule has 0 aliphatic carbocycles. The summed E-state index contributed by atoms with van der Waals surface area (Å²) < 4.78 is 5.52. The van der Waals surface area contributed by atoms with Crippen molar-refractivity contribution >= 4 is 17.5 Å². The average molecular weight is 410 g/mol. The number of hydrogen-bond acceptors (Lipinski definition) is 4. The van der Waals surface area contributed by atoms with Crippen LogP contribution in [0.15, 0.2) is 53.1 Å². The van der Waals surface area contributed by atoms with Gasteiger partial charge in [-0.3, -0.25) is 4.79 Å². The lowest BCUT2D eigenvalue weighted by atomic mass is 10.1. The van der Waals surface area contributed by atoms with Gasteiger partial charge in [-0.2, -0.15) is 4.98 Å². The van der Waals surface area contributed by atoms with Crippen LogP contribution in [0.5, 0.6) is 0 Å². The molecule has 0 spiro atoms. The first kappa shape index (κ1) is 19.6. The largest absolute Gasteiger partial charge is 0.337 e. The molecule has 1 amide bonds. The number of rotatable bonds is 6. The molecule has 0 saturated carbocycles. The second-order valence-corrected chi connectivity index (χ2v) is 7.86. The molecule has 0 unspecified atom stereocenters. The van der Waals surface area contributed by atoms with Crippen LogP contribution in [0.4, 0.5) is 0 Å². The Morgan fingerprint density at radius 3 is 2.83 bits per heavy atom.